The fourth-order valence-corrected chi connectivity index (χ4v) is 9.10. The predicted molar refractivity (Wildman–Crippen MR) is 250 cm³/mol. The summed E-state index contributed by atoms with van der Waals surface area (Å²) in [5.74, 6) is 2.15. The average molecular weight is 868 g/mol. The van der Waals surface area contributed by atoms with Gasteiger partial charge in [-0.25, -0.2) is 28.8 Å². The fourth-order valence-electron chi connectivity index (χ4n) is 9.10. The van der Waals surface area contributed by atoms with E-state index in [1.54, 1.807) is 24.0 Å². The molecule has 2 aliphatic heterocycles. The Balaban J connectivity index is 0.816. The number of ether oxygens (including phenoxy) is 1. The van der Waals surface area contributed by atoms with Gasteiger partial charge < -0.3 is 15.8 Å². The minimum absolute atomic E-state index is 0.249. The van der Waals surface area contributed by atoms with Crippen LogP contribution < -0.4 is 15.8 Å². The van der Waals surface area contributed by atoms with E-state index in [1.807, 2.05) is 64.1 Å². The zero-order valence-electron chi connectivity index (χ0n) is 37.0. The summed E-state index contributed by atoms with van der Waals surface area (Å²) in [5, 5.41) is 17.9. The van der Waals surface area contributed by atoms with Crippen molar-refractivity contribution in [2.24, 2.45) is 0 Å². The normalized spacial score (nSPS) is 15.4. The maximum absolute atomic E-state index is 14.2. The number of amides is 1. The Morgan fingerprint density at radius 2 is 1.38 bits per heavy atom. The number of methoxy groups -OCH3 is 1. The first-order valence-corrected chi connectivity index (χ1v) is 22.4. The van der Waals surface area contributed by atoms with Crippen LogP contribution in [0.25, 0.3) is 28.4 Å². The van der Waals surface area contributed by atoms with E-state index in [0.717, 1.165) is 116 Å². The third kappa shape index (κ3) is 8.97. The molecule has 8 aromatic rings. The molecule has 0 aliphatic carbocycles. The van der Waals surface area contributed by atoms with Crippen LogP contribution in [0.2, 0.25) is 0 Å². The standard InChI is InChI=1S/C50H53N13O2/c1-33-7-12-39(13-8-33)61-46(51)27-43(57-61)36-20-25-60(26-21-36)32-38-5-4-6-42(55-38)45-17-22-52-49-41(30-54-63(45)49)50(64)56-47-28-44(58-62(47)40-14-9-34(2)10-15-40)37-18-23-59(24-19-37)31-35-11-16-48(65-3)53-29-35/h4-17,22,27-30,36-37H,18-21,23-26,31-32,51H2,1-3H3,(H,56,64). The molecule has 65 heavy (non-hydrogen) atoms. The number of aromatic nitrogens is 9. The van der Waals surface area contributed by atoms with Crippen molar-refractivity contribution in [2.45, 2.75) is 64.5 Å². The van der Waals surface area contributed by atoms with Gasteiger partial charge in [0.1, 0.15) is 17.2 Å². The first kappa shape index (κ1) is 41.8. The second kappa shape index (κ2) is 18.1. The zero-order chi connectivity index (χ0) is 44.4. The number of rotatable bonds is 12. The number of hydrogen-bond donors (Lipinski definition) is 2. The van der Waals surface area contributed by atoms with Crippen molar-refractivity contribution in [3.05, 3.63) is 155 Å². The third-order valence-electron chi connectivity index (χ3n) is 12.8. The highest BCUT2D eigenvalue weighted by atomic mass is 16.5. The summed E-state index contributed by atoms with van der Waals surface area (Å²) in [6.07, 6.45) is 9.06. The molecular formula is C50H53N13O2. The fraction of sp³-hybridized carbons (Fsp3) is 0.300. The number of nitrogens with zero attached hydrogens (tertiary/aromatic N) is 11. The highest BCUT2D eigenvalue weighted by Crippen LogP contribution is 2.33. The van der Waals surface area contributed by atoms with Crippen LogP contribution in [0, 0.1) is 13.8 Å². The van der Waals surface area contributed by atoms with Crippen LogP contribution in [0.5, 0.6) is 5.88 Å². The molecule has 8 heterocycles. The summed E-state index contributed by atoms with van der Waals surface area (Å²) in [4.78, 5) is 33.2. The number of benzene rings is 2. The number of carbonyl (C=O) groups is 1. The average Bonchev–Trinajstić information content (AvgIpc) is 4.08. The molecule has 3 N–H and O–H groups in total. The summed E-state index contributed by atoms with van der Waals surface area (Å²) >= 11 is 0. The van der Waals surface area contributed by atoms with Gasteiger partial charge in [-0.2, -0.15) is 15.3 Å². The molecule has 0 radical (unpaired) electrons. The van der Waals surface area contributed by atoms with Crippen LogP contribution in [0.15, 0.2) is 116 Å². The number of nitrogens with one attached hydrogen (secondary N) is 1. The van der Waals surface area contributed by atoms with Gasteiger partial charge in [0.05, 0.1) is 53.2 Å². The lowest BCUT2D eigenvalue weighted by Crippen LogP contribution is -2.32. The van der Waals surface area contributed by atoms with Crippen molar-refractivity contribution in [1.82, 2.24) is 53.9 Å². The number of pyridine rings is 2. The van der Waals surface area contributed by atoms with Crippen LogP contribution in [0.3, 0.4) is 0 Å². The number of carbonyl (C=O) groups excluding carboxylic acids is 1. The number of hydrogen-bond acceptors (Lipinski definition) is 11. The van der Waals surface area contributed by atoms with Gasteiger partial charge in [0, 0.05) is 55.5 Å². The number of piperidine rings is 2. The monoisotopic (exact) mass is 867 g/mol. The Hall–Kier alpha value is -7.23. The highest BCUT2D eigenvalue weighted by Gasteiger charge is 2.27. The van der Waals surface area contributed by atoms with Crippen LogP contribution in [-0.2, 0) is 13.1 Å². The first-order valence-electron chi connectivity index (χ1n) is 22.4. The number of anilines is 2. The maximum Gasteiger partial charge on any atom is 0.262 e. The molecule has 10 rings (SSSR count). The van der Waals surface area contributed by atoms with E-state index in [9.17, 15) is 4.79 Å². The zero-order valence-corrected chi connectivity index (χ0v) is 37.0. The summed E-state index contributed by atoms with van der Waals surface area (Å²) in [6, 6.07) is 32.4. The van der Waals surface area contributed by atoms with Crippen LogP contribution >= 0.6 is 0 Å². The Bertz CT molecular complexity index is 2920. The maximum atomic E-state index is 14.2. The van der Waals surface area contributed by atoms with Gasteiger partial charge in [-0.05, 0) is 114 Å². The lowest BCUT2D eigenvalue weighted by molar-refractivity contribution is 0.102. The van der Waals surface area contributed by atoms with Crippen molar-refractivity contribution >= 4 is 23.2 Å². The van der Waals surface area contributed by atoms with Gasteiger partial charge in [0.25, 0.3) is 5.91 Å². The highest BCUT2D eigenvalue weighted by molar-refractivity contribution is 6.08. The minimum Gasteiger partial charge on any atom is -0.481 e. The molecular weight excluding hydrogens is 815 g/mol. The van der Waals surface area contributed by atoms with Gasteiger partial charge in [0.2, 0.25) is 5.88 Å². The van der Waals surface area contributed by atoms with E-state index in [4.69, 9.17) is 25.7 Å². The van der Waals surface area contributed by atoms with Crippen molar-refractivity contribution in [1.29, 1.82) is 0 Å². The van der Waals surface area contributed by atoms with Gasteiger partial charge in [-0.15, -0.1) is 0 Å². The second-order valence-electron chi connectivity index (χ2n) is 17.3. The number of fused-ring (bicyclic) bond motifs is 1. The number of nitrogens with two attached hydrogens (primary N) is 1. The van der Waals surface area contributed by atoms with Crippen molar-refractivity contribution < 1.29 is 9.53 Å². The van der Waals surface area contributed by atoms with E-state index in [1.165, 1.54) is 5.56 Å². The quantitative estimate of drug-likeness (QED) is 0.123. The Kier molecular flexibility index (Phi) is 11.6. The molecule has 330 valence electrons. The molecule has 0 saturated carbocycles. The molecule has 6 aromatic heterocycles. The van der Waals surface area contributed by atoms with E-state index >= 15 is 0 Å². The van der Waals surface area contributed by atoms with E-state index in [-0.39, 0.29) is 11.8 Å². The smallest absolute Gasteiger partial charge is 0.262 e. The molecule has 0 atom stereocenters. The third-order valence-corrected chi connectivity index (χ3v) is 12.8. The van der Waals surface area contributed by atoms with Gasteiger partial charge in [-0.3, -0.25) is 14.6 Å². The summed E-state index contributed by atoms with van der Waals surface area (Å²) < 4.78 is 10.6. The molecule has 2 aromatic carbocycles. The Morgan fingerprint density at radius 3 is 2.05 bits per heavy atom. The first-order chi connectivity index (χ1) is 31.7. The Morgan fingerprint density at radius 1 is 0.738 bits per heavy atom. The lowest BCUT2D eigenvalue weighted by Gasteiger charge is -2.31. The van der Waals surface area contributed by atoms with Gasteiger partial charge in [0.15, 0.2) is 5.65 Å². The van der Waals surface area contributed by atoms with Crippen LogP contribution in [0.4, 0.5) is 11.6 Å². The van der Waals surface area contributed by atoms with Crippen molar-refractivity contribution in [3.63, 3.8) is 0 Å². The molecule has 0 unspecified atom stereocenters. The number of likely N-dealkylation sites (tertiary alicyclic amines) is 2. The molecule has 15 nitrogen and oxygen atoms in total. The second-order valence-corrected chi connectivity index (χ2v) is 17.3. The number of nitrogen functional groups attached to an aromatic ring is 1. The van der Waals surface area contributed by atoms with E-state index in [0.29, 0.717) is 34.6 Å². The van der Waals surface area contributed by atoms with Crippen molar-refractivity contribution in [3.8, 4) is 28.6 Å². The topological polar surface area (TPSA) is 162 Å². The largest absolute Gasteiger partial charge is 0.481 e. The molecule has 0 spiro atoms. The van der Waals surface area contributed by atoms with Gasteiger partial charge in [-0.1, -0.05) is 47.5 Å². The van der Waals surface area contributed by atoms with Gasteiger partial charge >= 0.3 is 0 Å². The summed E-state index contributed by atoms with van der Waals surface area (Å²) in [5.41, 5.74) is 17.0. The predicted octanol–water partition coefficient (Wildman–Crippen LogP) is 7.78. The molecule has 0 bridgehead atoms. The summed E-state index contributed by atoms with van der Waals surface area (Å²) in [6.45, 7) is 9.41. The molecule has 2 saturated heterocycles. The van der Waals surface area contributed by atoms with E-state index < -0.39 is 0 Å². The van der Waals surface area contributed by atoms with Crippen molar-refractivity contribution in [2.75, 3.05) is 44.3 Å². The Labute approximate surface area is 377 Å². The SMILES string of the molecule is COc1ccc(CN2CCC(c3cc(NC(=O)c4cnn5c(-c6cccc(CN7CCC(c8cc(N)n(-c9ccc(C)cc9)n8)CC7)n6)ccnc45)n(-c4ccc(C)cc4)n3)CC2)cn1. The van der Waals surface area contributed by atoms with Crippen LogP contribution in [-0.4, -0.2) is 93.1 Å². The molecule has 1 amide bonds. The lowest BCUT2D eigenvalue weighted by atomic mass is 9.93. The minimum atomic E-state index is -0.318. The van der Waals surface area contributed by atoms with Crippen LogP contribution in [0.1, 0.15) is 81.6 Å². The number of aryl methyl sites for hydroxylation is 2. The molecule has 2 aliphatic rings. The molecule has 2 fully saturated rings. The molecule has 15 heteroatoms. The van der Waals surface area contributed by atoms with E-state index in [2.05, 4.69) is 92.6 Å². The summed E-state index contributed by atoms with van der Waals surface area (Å²) in [7, 11) is 1.63.